The molecule has 1 saturated carbocycles. The Balaban J connectivity index is 1.62. The smallest absolute Gasteiger partial charge is 0.227 e. The lowest BCUT2D eigenvalue weighted by Gasteiger charge is -2.34. The van der Waals surface area contributed by atoms with Crippen LogP contribution < -0.4 is 10.1 Å². The van der Waals surface area contributed by atoms with Gasteiger partial charge in [0.25, 0.3) is 0 Å². The minimum Gasteiger partial charge on any atom is -0.495 e. The third-order valence-electron chi connectivity index (χ3n) is 4.54. The fraction of sp³-hybridized carbons (Fsp3) is 0.588. The van der Waals surface area contributed by atoms with Gasteiger partial charge in [-0.3, -0.25) is 4.79 Å². The van der Waals surface area contributed by atoms with Crippen LogP contribution in [0.1, 0.15) is 31.2 Å². The van der Waals surface area contributed by atoms with Crippen molar-refractivity contribution in [1.82, 2.24) is 0 Å². The molecule has 1 spiro atoms. The van der Waals surface area contributed by atoms with Gasteiger partial charge in [0.2, 0.25) is 5.91 Å². The van der Waals surface area contributed by atoms with E-state index in [4.69, 9.17) is 14.2 Å². The number of hydrogen-bond acceptors (Lipinski definition) is 4. The summed E-state index contributed by atoms with van der Waals surface area (Å²) in [6, 6.07) is 5.78. The Hall–Kier alpha value is -1.59. The summed E-state index contributed by atoms with van der Waals surface area (Å²) in [7, 11) is 1.61. The molecule has 3 rings (SSSR count). The number of carbonyl (C=O) groups excluding carboxylic acids is 1. The molecule has 2 aliphatic rings. The van der Waals surface area contributed by atoms with Gasteiger partial charge in [0.15, 0.2) is 5.79 Å². The van der Waals surface area contributed by atoms with Crippen molar-refractivity contribution in [2.24, 2.45) is 5.92 Å². The van der Waals surface area contributed by atoms with E-state index in [9.17, 15) is 4.79 Å². The number of anilines is 1. The molecule has 1 N–H and O–H groups in total. The quantitative estimate of drug-likeness (QED) is 0.933. The molecule has 0 radical (unpaired) electrons. The monoisotopic (exact) mass is 305 g/mol. The van der Waals surface area contributed by atoms with Crippen LogP contribution in [0.15, 0.2) is 18.2 Å². The van der Waals surface area contributed by atoms with Gasteiger partial charge < -0.3 is 19.5 Å². The summed E-state index contributed by atoms with van der Waals surface area (Å²) in [4.78, 5) is 12.5. The summed E-state index contributed by atoms with van der Waals surface area (Å²) in [5.74, 6) is 0.326. The number of rotatable bonds is 3. The van der Waals surface area contributed by atoms with Crippen molar-refractivity contribution in [3.63, 3.8) is 0 Å². The second-order valence-corrected chi connectivity index (χ2v) is 6.07. The van der Waals surface area contributed by atoms with Crippen molar-refractivity contribution in [3.8, 4) is 5.75 Å². The van der Waals surface area contributed by atoms with Crippen LogP contribution in [-0.4, -0.2) is 32.0 Å². The number of methoxy groups -OCH3 is 1. The number of benzene rings is 1. The molecule has 22 heavy (non-hydrogen) atoms. The van der Waals surface area contributed by atoms with Gasteiger partial charge in [-0.15, -0.1) is 0 Å². The highest BCUT2D eigenvalue weighted by Gasteiger charge is 2.41. The first-order valence-corrected chi connectivity index (χ1v) is 7.85. The lowest BCUT2D eigenvalue weighted by atomic mass is 9.84. The maximum atomic E-state index is 12.5. The summed E-state index contributed by atoms with van der Waals surface area (Å²) >= 11 is 0. The van der Waals surface area contributed by atoms with Gasteiger partial charge in [-0.2, -0.15) is 0 Å². The zero-order chi connectivity index (χ0) is 15.6. The predicted molar refractivity (Wildman–Crippen MR) is 83.0 cm³/mol. The molecular weight excluding hydrogens is 282 g/mol. The molecule has 5 heteroatoms. The molecule has 0 bridgehead atoms. The first-order chi connectivity index (χ1) is 10.6. The van der Waals surface area contributed by atoms with Crippen molar-refractivity contribution < 1.29 is 19.0 Å². The highest BCUT2D eigenvalue weighted by molar-refractivity contribution is 5.94. The number of ether oxygens (including phenoxy) is 3. The van der Waals surface area contributed by atoms with Gasteiger partial charge in [0.1, 0.15) is 5.75 Å². The first-order valence-electron chi connectivity index (χ1n) is 7.85. The number of carbonyl (C=O) groups is 1. The molecule has 1 aliphatic heterocycles. The van der Waals surface area contributed by atoms with Crippen molar-refractivity contribution in [3.05, 3.63) is 23.8 Å². The average Bonchev–Trinajstić information content (AvgIpc) is 2.96. The van der Waals surface area contributed by atoms with Crippen LogP contribution in [0.5, 0.6) is 5.75 Å². The normalized spacial score (nSPS) is 21.0. The van der Waals surface area contributed by atoms with Gasteiger partial charge in [-0.05, 0) is 37.5 Å². The minimum atomic E-state index is -0.419. The van der Waals surface area contributed by atoms with E-state index in [1.165, 1.54) is 0 Å². The summed E-state index contributed by atoms with van der Waals surface area (Å²) in [6.07, 6.45) is 3.16. The first kappa shape index (κ1) is 15.3. The Morgan fingerprint density at radius 1 is 1.27 bits per heavy atom. The molecule has 0 unspecified atom stereocenters. The highest BCUT2D eigenvalue weighted by Crippen LogP contribution is 2.39. The molecule has 2 fully saturated rings. The van der Waals surface area contributed by atoms with Gasteiger partial charge >= 0.3 is 0 Å². The molecular formula is C17H23NO4. The van der Waals surface area contributed by atoms with Crippen LogP contribution in [0.2, 0.25) is 0 Å². The third-order valence-corrected chi connectivity index (χ3v) is 4.54. The van der Waals surface area contributed by atoms with Gasteiger partial charge in [0.05, 0.1) is 26.0 Å². The zero-order valence-electron chi connectivity index (χ0n) is 13.2. The standard InChI is InChI=1S/C17H23NO4/c1-12-3-4-15(20-2)14(11-12)18-16(19)13-5-7-17(8-6-13)21-9-10-22-17/h3-4,11,13H,5-10H2,1-2H3,(H,18,19). The fourth-order valence-corrected chi connectivity index (χ4v) is 3.26. The molecule has 120 valence electrons. The molecule has 1 heterocycles. The topological polar surface area (TPSA) is 56.8 Å². The molecule has 5 nitrogen and oxygen atoms in total. The van der Waals surface area contributed by atoms with Gasteiger partial charge in [0, 0.05) is 18.8 Å². The van der Waals surface area contributed by atoms with Crippen LogP contribution in [0.3, 0.4) is 0 Å². The van der Waals surface area contributed by atoms with E-state index in [-0.39, 0.29) is 11.8 Å². The molecule has 1 aliphatic carbocycles. The van der Waals surface area contributed by atoms with Crippen LogP contribution in [-0.2, 0) is 14.3 Å². The van der Waals surface area contributed by atoms with E-state index in [1.54, 1.807) is 7.11 Å². The van der Waals surface area contributed by atoms with Gasteiger partial charge in [-0.25, -0.2) is 0 Å². The van der Waals surface area contributed by atoms with Crippen molar-refractivity contribution in [2.45, 2.75) is 38.4 Å². The van der Waals surface area contributed by atoms with Crippen LogP contribution in [0.25, 0.3) is 0 Å². The Labute approximate surface area is 130 Å². The van der Waals surface area contributed by atoms with E-state index in [0.717, 1.165) is 36.9 Å². The fourth-order valence-electron chi connectivity index (χ4n) is 3.26. The van der Waals surface area contributed by atoms with Crippen molar-refractivity contribution >= 4 is 11.6 Å². The lowest BCUT2D eigenvalue weighted by Crippen LogP contribution is -2.38. The van der Waals surface area contributed by atoms with Gasteiger partial charge in [-0.1, -0.05) is 6.07 Å². The highest BCUT2D eigenvalue weighted by atomic mass is 16.7. The Bertz CT molecular complexity index is 542. The summed E-state index contributed by atoms with van der Waals surface area (Å²) in [5, 5.41) is 3.01. The van der Waals surface area contributed by atoms with Crippen molar-refractivity contribution in [2.75, 3.05) is 25.6 Å². The molecule has 1 saturated heterocycles. The number of hydrogen-bond donors (Lipinski definition) is 1. The largest absolute Gasteiger partial charge is 0.495 e. The lowest BCUT2D eigenvalue weighted by molar-refractivity contribution is -0.182. The van der Waals surface area contributed by atoms with E-state index >= 15 is 0 Å². The second-order valence-electron chi connectivity index (χ2n) is 6.07. The molecule has 0 atom stereocenters. The number of amides is 1. The molecule has 1 aromatic carbocycles. The third kappa shape index (κ3) is 3.10. The predicted octanol–water partition coefficient (Wildman–Crippen LogP) is 2.88. The Kier molecular flexibility index (Phi) is 4.36. The van der Waals surface area contributed by atoms with Crippen molar-refractivity contribution in [1.29, 1.82) is 0 Å². The number of aryl methyl sites for hydroxylation is 1. The molecule has 0 aromatic heterocycles. The second kappa shape index (κ2) is 6.26. The Morgan fingerprint density at radius 3 is 2.59 bits per heavy atom. The minimum absolute atomic E-state index is 0.00337. The summed E-state index contributed by atoms with van der Waals surface area (Å²) in [5.41, 5.74) is 1.83. The maximum Gasteiger partial charge on any atom is 0.227 e. The molecule has 1 aromatic rings. The van der Waals surface area contributed by atoms with Crippen LogP contribution in [0.4, 0.5) is 5.69 Å². The number of nitrogens with one attached hydrogen (secondary N) is 1. The SMILES string of the molecule is COc1ccc(C)cc1NC(=O)C1CCC2(CC1)OCCO2. The van der Waals surface area contributed by atoms with E-state index in [0.29, 0.717) is 19.0 Å². The van der Waals surface area contributed by atoms with E-state index < -0.39 is 5.79 Å². The van der Waals surface area contributed by atoms with E-state index in [2.05, 4.69) is 5.32 Å². The maximum absolute atomic E-state index is 12.5. The average molecular weight is 305 g/mol. The van der Waals surface area contributed by atoms with E-state index in [1.807, 2.05) is 25.1 Å². The summed E-state index contributed by atoms with van der Waals surface area (Å²) < 4.78 is 16.7. The molecule has 1 amide bonds. The summed E-state index contributed by atoms with van der Waals surface area (Å²) in [6.45, 7) is 3.32. The van der Waals surface area contributed by atoms with Crippen LogP contribution >= 0.6 is 0 Å². The zero-order valence-corrected chi connectivity index (χ0v) is 13.2. The van der Waals surface area contributed by atoms with Crippen LogP contribution in [0, 0.1) is 12.8 Å². The Morgan fingerprint density at radius 2 is 1.95 bits per heavy atom.